The van der Waals surface area contributed by atoms with Crippen molar-refractivity contribution < 1.29 is 9.84 Å². The zero-order valence-electron chi connectivity index (χ0n) is 11.5. The Morgan fingerprint density at radius 1 is 1.39 bits per heavy atom. The molecule has 0 saturated carbocycles. The number of ether oxygens (including phenoxy) is 1. The Morgan fingerprint density at radius 2 is 2.17 bits per heavy atom. The highest BCUT2D eigenvalue weighted by molar-refractivity contribution is 5.39. The van der Waals surface area contributed by atoms with Gasteiger partial charge in [-0.05, 0) is 49.9 Å². The number of aliphatic hydroxyl groups is 1. The highest BCUT2D eigenvalue weighted by atomic mass is 16.5. The SMILES string of the molecule is COc1ccc2c(c1)C[C@H](C)N(CCCO)[C@@H]2C. The lowest BCUT2D eigenvalue weighted by atomic mass is 9.89. The summed E-state index contributed by atoms with van der Waals surface area (Å²) in [6, 6.07) is 7.31. The third-order valence-electron chi connectivity index (χ3n) is 3.95. The molecule has 0 aliphatic carbocycles. The molecule has 100 valence electrons. The topological polar surface area (TPSA) is 32.7 Å². The van der Waals surface area contributed by atoms with Gasteiger partial charge in [-0.25, -0.2) is 0 Å². The van der Waals surface area contributed by atoms with Crippen molar-refractivity contribution in [2.75, 3.05) is 20.3 Å². The van der Waals surface area contributed by atoms with Crippen molar-refractivity contribution in [2.45, 2.75) is 38.8 Å². The van der Waals surface area contributed by atoms with Gasteiger partial charge in [0.2, 0.25) is 0 Å². The lowest BCUT2D eigenvalue weighted by Gasteiger charge is -2.40. The number of benzene rings is 1. The Labute approximate surface area is 109 Å². The zero-order chi connectivity index (χ0) is 13.1. The second kappa shape index (κ2) is 5.72. The van der Waals surface area contributed by atoms with Gasteiger partial charge in [0.25, 0.3) is 0 Å². The van der Waals surface area contributed by atoms with Gasteiger partial charge in [-0.2, -0.15) is 0 Å². The van der Waals surface area contributed by atoms with Gasteiger partial charge >= 0.3 is 0 Å². The van der Waals surface area contributed by atoms with E-state index in [9.17, 15) is 0 Å². The van der Waals surface area contributed by atoms with Crippen molar-refractivity contribution in [3.8, 4) is 5.75 Å². The van der Waals surface area contributed by atoms with E-state index in [2.05, 4.69) is 30.9 Å². The molecular formula is C15H23NO2. The van der Waals surface area contributed by atoms with E-state index in [1.165, 1.54) is 11.1 Å². The molecule has 0 saturated heterocycles. The van der Waals surface area contributed by atoms with Crippen LogP contribution in [0.15, 0.2) is 18.2 Å². The van der Waals surface area contributed by atoms with Gasteiger partial charge in [-0.15, -0.1) is 0 Å². The molecule has 0 amide bonds. The number of hydrogen-bond donors (Lipinski definition) is 1. The molecule has 0 unspecified atom stereocenters. The Balaban J connectivity index is 2.23. The summed E-state index contributed by atoms with van der Waals surface area (Å²) in [5.74, 6) is 0.942. The molecule has 3 nitrogen and oxygen atoms in total. The first-order chi connectivity index (χ1) is 8.67. The molecule has 2 atom stereocenters. The second-order valence-corrected chi connectivity index (χ2v) is 5.11. The van der Waals surface area contributed by atoms with Crippen LogP contribution >= 0.6 is 0 Å². The maximum atomic E-state index is 8.99. The van der Waals surface area contributed by atoms with E-state index in [0.29, 0.717) is 12.1 Å². The molecule has 0 radical (unpaired) electrons. The Hall–Kier alpha value is -1.06. The lowest BCUT2D eigenvalue weighted by Crippen LogP contribution is -2.41. The van der Waals surface area contributed by atoms with Crippen LogP contribution in [0.25, 0.3) is 0 Å². The third kappa shape index (κ3) is 2.52. The van der Waals surface area contributed by atoms with Crippen molar-refractivity contribution in [2.24, 2.45) is 0 Å². The molecule has 3 heteroatoms. The van der Waals surface area contributed by atoms with Crippen molar-refractivity contribution >= 4 is 0 Å². The van der Waals surface area contributed by atoms with E-state index in [1.807, 2.05) is 6.07 Å². The van der Waals surface area contributed by atoms with Gasteiger partial charge in [-0.1, -0.05) is 6.07 Å². The summed E-state index contributed by atoms with van der Waals surface area (Å²) < 4.78 is 5.30. The Morgan fingerprint density at radius 3 is 2.83 bits per heavy atom. The van der Waals surface area contributed by atoms with E-state index in [-0.39, 0.29) is 6.61 Å². The molecule has 1 heterocycles. The van der Waals surface area contributed by atoms with Gasteiger partial charge < -0.3 is 9.84 Å². The fourth-order valence-corrected chi connectivity index (χ4v) is 2.96. The van der Waals surface area contributed by atoms with E-state index < -0.39 is 0 Å². The van der Waals surface area contributed by atoms with Crippen LogP contribution in [-0.4, -0.2) is 36.3 Å². The van der Waals surface area contributed by atoms with E-state index in [0.717, 1.165) is 25.1 Å². The molecule has 0 fully saturated rings. The monoisotopic (exact) mass is 249 g/mol. The molecule has 1 aliphatic heterocycles. The summed E-state index contributed by atoms with van der Waals surface area (Å²) in [6.45, 7) is 5.74. The molecule has 1 aliphatic rings. The standard InChI is InChI=1S/C15H23NO2/c1-11-9-13-10-14(18-3)5-6-15(13)12(2)16(11)7-4-8-17/h5-6,10-12,17H,4,7-9H2,1-3H3/t11-,12+/m0/s1. The molecule has 1 N–H and O–H groups in total. The minimum absolute atomic E-state index is 0.269. The molecule has 0 aromatic heterocycles. The highest BCUT2D eigenvalue weighted by Crippen LogP contribution is 2.34. The minimum Gasteiger partial charge on any atom is -0.497 e. The first-order valence-electron chi connectivity index (χ1n) is 6.70. The predicted octanol–water partition coefficient (Wildman–Crippen LogP) is 2.39. The van der Waals surface area contributed by atoms with E-state index in [4.69, 9.17) is 9.84 Å². The van der Waals surface area contributed by atoms with Gasteiger partial charge in [-0.3, -0.25) is 4.90 Å². The number of rotatable bonds is 4. The van der Waals surface area contributed by atoms with Gasteiger partial charge in [0.1, 0.15) is 5.75 Å². The van der Waals surface area contributed by atoms with Crippen LogP contribution in [0.1, 0.15) is 37.4 Å². The number of aliphatic hydroxyl groups excluding tert-OH is 1. The smallest absolute Gasteiger partial charge is 0.119 e. The van der Waals surface area contributed by atoms with Crippen molar-refractivity contribution in [1.29, 1.82) is 0 Å². The second-order valence-electron chi connectivity index (χ2n) is 5.11. The van der Waals surface area contributed by atoms with Crippen LogP contribution < -0.4 is 4.74 Å². The summed E-state index contributed by atoms with van der Waals surface area (Å²) in [4.78, 5) is 2.48. The summed E-state index contributed by atoms with van der Waals surface area (Å²) in [7, 11) is 1.71. The third-order valence-corrected chi connectivity index (χ3v) is 3.95. The summed E-state index contributed by atoms with van der Waals surface area (Å²) >= 11 is 0. The lowest BCUT2D eigenvalue weighted by molar-refractivity contribution is 0.125. The summed E-state index contributed by atoms with van der Waals surface area (Å²) in [6.07, 6.45) is 1.91. The molecule has 1 aromatic carbocycles. The maximum Gasteiger partial charge on any atom is 0.119 e. The molecule has 0 bridgehead atoms. The quantitative estimate of drug-likeness (QED) is 0.889. The zero-order valence-corrected chi connectivity index (χ0v) is 11.5. The summed E-state index contributed by atoms with van der Waals surface area (Å²) in [5.41, 5.74) is 2.79. The normalized spacial score (nSPS) is 23.8. The van der Waals surface area contributed by atoms with E-state index >= 15 is 0 Å². The van der Waals surface area contributed by atoms with Crippen molar-refractivity contribution in [3.63, 3.8) is 0 Å². The fraction of sp³-hybridized carbons (Fsp3) is 0.600. The molecule has 18 heavy (non-hydrogen) atoms. The van der Waals surface area contributed by atoms with Crippen molar-refractivity contribution in [3.05, 3.63) is 29.3 Å². The van der Waals surface area contributed by atoms with Crippen molar-refractivity contribution in [1.82, 2.24) is 4.90 Å². The Kier molecular flexibility index (Phi) is 4.25. The van der Waals surface area contributed by atoms with E-state index in [1.54, 1.807) is 7.11 Å². The molecule has 0 spiro atoms. The van der Waals surface area contributed by atoms with Crippen LogP contribution in [-0.2, 0) is 6.42 Å². The van der Waals surface area contributed by atoms with Crippen LogP contribution in [0.4, 0.5) is 0 Å². The van der Waals surface area contributed by atoms with Gasteiger partial charge in [0.05, 0.1) is 7.11 Å². The predicted molar refractivity (Wildman–Crippen MR) is 73.0 cm³/mol. The highest BCUT2D eigenvalue weighted by Gasteiger charge is 2.28. The largest absolute Gasteiger partial charge is 0.497 e. The maximum absolute atomic E-state index is 8.99. The van der Waals surface area contributed by atoms with Gasteiger partial charge in [0, 0.05) is 25.2 Å². The molecular weight excluding hydrogens is 226 g/mol. The number of methoxy groups -OCH3 is 1. The number of nitrogens with zero attached hydrogens (tertiary/aromatic N) is 1. The number of fused-ring (bicyclic) bond motifs is 1. The average molecular weight is 249 g/mol. The van der Waals surface area contributed by atoms with Crippen LogP contribution in [0.2, 0.25) is 0 Å². The Bertz CT molecular complexity index is 405. The van der Waals surface area contributed by atoms with Gasteiger partial charge in [0.15, 0.2) is 0 Å². The summed E-state index contributed by atoms with van der Waals surface area (Å²) in [5, 5.41) is 8.99. The molecule has 2 rings (SSSR count). The average Bonchev–Trinajstić information content (AvgIpc) is 2.38. The first kappa shape index (κ1) is 13.4. The van der Waals surface area contributed by atoms with Crippen LogP contribution in [0, 0.1) is 0 Å². The van der Waals surface area contributed by atoms with Crippen LogP contribution in [0.5, 0.6) is 5.75 Å². The first-order valence-corrected chi connectivity index (χ1v) is 6.70. The molecule has 1 aromatic rings. The minimum atomic E-state index is 0.269. The van der Waals surface area contributed by atoms with Crippen LogP contribution in [0.3, 0.4) is 0 Å². The fourth-order valence-electron chi connectivity index (χ4n) is 2.96. The number of hydrogen-bond acceptors (Lipinski definition) is 3.